The van der Waals surface area contributed by atoms with Crippen LogP contribution < -0.4 is 25.1 Å². The van der Waals surface area contributed by atoms with Crippen molar-refractivity contribution in [2.45, 2.75) is 13.1 Å². The molecule has 0 fully saturated rings. The van der Waals surface area contributed by atoms with Gasteiger partial charge in [0.2, 0.25) is 0 Å². The Morgan fingerprint density at radius 3 is 0.681 bits per heavy atom. The van der Waals surface area contributed by atoms with Gasteiger partial charge in [0, 0.05) is 51.2 Å². The van der Waals surface area contributed by atoms with E-state index in [4.69, 9.17) is 0 Å². The SMILES string of the molecule is C[Si]1(C)c2cc(N(c3ccc(-c4ccccc4)cc3)c3ccc(-c4ccccc4)cc3)ccc2-c2cc(N(c3ccc(-c4ccccc4)cc3)c3ccc(-c4ccccc4)cc3)cc3cc(N(c4ccc(-c5ccccc5)cc4)c4ccc(-c5ccccc5)cc4)cc1c23. The van der Waals surface area contributed by atoms with E-state index in [1.807, 2.05) is 0 Å². The van der Waals surface area contributed by atoms with Crippen LogP contribution in [0.2, 0.25) is 13.1 Å². The van der Waals surface area contributed by atoms with Gasteiger partial charge in [-0.1, -0.05) is 274 Å². The Morgan fingerprint density at radius 2 is 0.404 bits per heavy atom. The van der Waals surface area contributed by atoms with Gasteiger partial charge in [0.05, 0.1) is 0 Å². The lowest BCUT2D eigenvalue weighted by atomic mass is 9.94. The van der Waals surface area contributed by atoms with Crippen molar-refractivity contribution in [3.63, 3.8) is 0 Å². The molecule has 0 atom stereocenters. The van der Waals surface area contributed by atoms with E-state index >= 15 is 0 Å². The fourth-order valence-electron chi connectivity index (χ4n) is 14.0. The highest BCUT2D eigenvalue weighted by atomic mass is 28.3. The molecule has 3 nitrogen and oxygen atoms in total. The average Bonchev–Trinajstić information content (AvgIpc) is 0.706. The van der Waals surface area contributed by atoms with E-state index in [2.05, 4.69) is 398 Å². The number of nitrogens with zero attached hydrogens (tertiary/aromatic N) is 3. The van der Waals surface area contributed by atoms with Crippen LogP contribution in [-0.4, -0.2) is 8.07 Å². The van der Waals surface area contributed by atoms with E-state index < -0.39 is 8.07 Å². The molecule has 1 heterocycles. The fraction of sp³-hybridized carbons (Fsp3) is 0.0222. The molecule has 0 aliphatic carbocycles. The monoisotopic (exact) mass is 1220 g/mol. The molecule has 4 heteroatoms. The standard InChI is InChI=1S/C90H67N3Si/c1-94(2)88-62-83(91(77-45-33-70(34-46-77)64-21-9-3-10-22-64)78-47-35-71(36-48-78)65-23-11-4-12-24-65)57-58-86(88)87-61-84(92(79-49-37-72(38-50-79)66-25-13-5-14-26-66)80-51-39-73(40-52-80)67-27-15-6-16-28-67)59-76-60-85(63-89(94)90(76)87)93(81-53-41-74(42-54-81)68-29-17-7-18-30-68)82-55-43-75(44-56-82)69-31-19-8-20-32-69/h3-63H,1-2H3. The van der Waals surface area contributed by atoms with Crippen molar-refractivity contribution < 1.29 is 0 Å². The molecular formula is C90H67N3Si. The largest absolute Gasteiger partial charge is 0.311 e. The van der Waals surface area contributed by atoms with Crippen molar-refractivity contribution in [1.29, 1.82) is 0 Å². The zero-order valence-corrected chi connectivity index (χ0v) is 53.6. The molecule has 0 saturated carbocycles. The summed E-state index contributed by atoms with van der Waals surface area (Å²) in [5.41, 5.74) is 26.5. The Morgan fingerprint density at radius 1 is 0.181 bits per heavy atom. The van der Waals surface area contributed by atoms with Crippen LogP contribution in [0, 0.1) is 0 Å². The van der Waals surface area contributed by atoms with Gasteiger partial charge in [-0.25, -0.2) is 0 Å². The first-order valence-corrected chi connectivity index (χ1v) is 35.5. The first-order valence-electron chi connectivity index (χ1n) is 32.5. The van der Waals surface area contributed by atoms with E-state index in [9.17, 15) is 0 Å². The third kappa shape index (κ3) is 11.1. The summed E-state index contributed by atoms with van der Waals surface area (Å²) in [6, 6.07) is 136. The maximum Gasteiger partial charge on any atom is 0.114 e. The number of rotatable bonds is 15. The van der Waals surface area contributed by atoms with E-state index in [1.165, 1.54) is 99.0 Å². The highest BCUT2D eigenvalue weighted by Gasteiger charge is 2.38. The molecule has 0 unspecified atom stereocenters. The summed E-state index contributed by atoms with van der Waals surface area (Å²) in [4.78, 5) is 7.39. The predicted molar refractivity (Wildman–Crippen MR) is 403 cm³/mol. The van der Waals surface area contributed by atoms with Crippen molar-refractivity contribution in [3.05, 3.63) is 370 Å². The molecule has 0 saturated heterocycles. The normalized spacial score (nSPS) is 12.0. The van der Waals surface area contributed by atoms with E-state index in [-0.39, 0.29) is 0 Å². The number of hydrogen-bond donors (Lipinski definition) is 0. The molecule has 0 spiro atoms. The number of hydrogen-bond acceptors (Lipinski definition) is 3. The molecule has 446 valence electrons. The molecule has 0 aromatic heterocycles. The molecule has 0 N–H and O–H groups in total. The van der Waals surface area contributed by atoms with Gasteiger partial charge in [-0.05, 0) is 208 Å². The lowest BCUT2D eigenvalue weighted by Crippen LogP contribution is -2.56. The summed E-state index contributed by atoms with van der Waals surface area (Å²) in [5.74, 6) is 0. The van der Waals surface area contributed by atoms with Gasteiger partial charge in [0.25, 0.3) is 0 Å². The van der Waals surface area contributed by atoms with E-state index in [0.717, 1.165) is 51.2 Å². The lowest BCUT2D eigenvalue weighted by Gasteiger charge is -2.37. The second-order valence-electron chi connectivity index (χ2n) is 24.9. The minimum absolute atomic E-state index is 1.07. The van der Waals surface area contributed by atoms with Crippen molar-refractivity contribution in [1.82, 2.24) is 0 Å². The maximum absolute atomic E-state index is 2.65. The van der Waals surface area contributed by atoms with Crippen LogP contribution in [0.3, 0.4) is 0 Å². The maximum atomic E-state index is 2.57. The summed E-state index contributed by atoms with van der Waals surface area (Å²) >= 11 is 0. The van der Waals surface area contributed by atoms with Gasteiger partial charge in [0.15, 0.2) is 0 Å². The summed E-state index contributed by atoms with van der Waals surface area (Å²) < 4.78 is 0. The predicted octanol–water partition coefficient (Wildman–Crippen LogP) is 24.1. The van der Waals surface area contributed by atoms with Crippen LogP contribution in [0.15, 0.2) is 370 Å². The number of benzene rings is 15. The van der Waals surface area contributed by atoms with E-state index in [1.54, 1.807) is 0 Å². The van der Waals surface area contributed by atoms with E-state index in [0.29, 0.717) is 0 Å². The molecule has 0 bridgehead atoms. The van der Waals surface area contributed by atoms with Gasteiger partial charge in [-0.3, -0.25) is 0 Å². The summed E-state index contributed by atoms with van der Waals surface area (Å²) in [6.45, 7) is 5.14. The Kier molecular flexibility index (Phi) is 15.1. The first kappa shape index (κ1) is 57.3. The second-order valence-corrected chi connectivity index (χ2v) is 29.3. The Labute approximate surface area is 552 Å². The van der Waals surface area contributed by atoms with Crippen molar-refractivity contribution in [2.24, 2.45) is 0 Å². The van der Waals surface area contributed by atoms with Gasteiger partial charge in [0.1, 0.15) is 8.07 Å². The topological polar surface area (TPSA) is 9.72 Å². The molecule has 1 aliphatic rings. The molecular weight excluding hydrogens is 1150 g/mol. The second kappa shape index (κ2) is 24.8. The smallest absolute Gasteiger partial charge is 0.114 e. The van der Waals surface area contributed by atoms with Gasteiger partial charge < -0.3 is 14.7 Å². The Hall–Kier alpha value is -11.8. The van der Waals surface area contributed by atoms with Gasteiger partial charge >= 0.3 is 0 Å². The third-order valence-corrected chi connectivity index (χ3v) is 22.3. The molecule has 1 aliphatic heterocycles. The zero-order chi connectivity index (χ0) is 63.0. The Balaban J connectivity index is 0.916. The van der Waals surface area contributed by atoms with Crippen LogP contribution in [0.5, 0.6) is 0 Å². The molecule has 94 heavy (non-hydrogen) atoms. The quantitative estimate of drug-likeness (QED) is 0.0947. The molecule has 0 radical (unpaired) electrons. The van der Waals surface area contributed by atoms with Crippen LogP contribution in [0.25, 0.3) is 88.7 Å². The summed E-state index contributed by atoms with van der Waals surface area (Å²) in [5, 5.41) is 5.28. The van der Waals surface area contributed by atoms with Crippen LogP contribution in [0.4, 0.5) is 51.2 Å². The summed E-state index contributed by atoms with van der Waals surface area (Å²) in [7, 11) is -2.65. The van der Waals surface area contributed by atoms with Crippen LogP contribution in [-0.2, 0) is 0 Å². The number of fused-ring (bicyclic) bond motifs is 2. The molecule has 16 rings (SSSR count). The minimum atomic E-state index is -2.65. The van der Waals surface area contributed by atoms with Crippen molar-refractivity contribution >= 4 is 80.4 Å². The molecule has 15 aromatic rings. The van der Waals surface area contributed by atoms with Crippen molar-refractivity contribution in [3.8, 4) is 77.9 Å². The number of anilines is 9. The first-order chi connectivity index (χ1) is 46.3. The minimum Gasteiger partial charge on any atom is -0.311 e. The molecule has 0 amide bonds. The zero-order valence-electron chi connectivity index (χ0n) is 52.6. The average molecular weight is 1220 g/mol. The van der Waals surface area contributed by atoms with Crippen LogP contribution in [0.1, 0.15) is 0 Å². The highest BCUT2D eigenvalue weighted by Crippen LogP contribution is 2.47. The third-order valence-electron chi connectivity index (χ3n) is 18.8. The van der Waals surface area contributed by atoms with Gasteiger partial charge in [-0.15, -0.1) is 0 Å². The van der Waals surface area contributed by atoms with Gasteiger partial charge in [-0.2, -0.15) is 0 Å². The lowest BCUT2D eigenvalue weighted by molar-refractivity contribution is 1.28. The van der Waals surface area contributed by atoms with Crippen molar-refractivity contribution in [2.75, 3.05) is 14.7 Å². The summed E-state index contributed by atoms with van der Waals surface area (Å²) in [6.07, 6.45) is 0. The molecule has 15 aromatic carbocycles. The Bertz CT molecular complexity index is 4870. The van der Waals surface area contributed by atoms with Crippen LogP contribution >= 0.6 is 0 Å². The highest BCUT2D eigenvalue weighted by molar-refractivity contribution is 7.03. The fourth-order valence-corrected chi connectivity index (χ4v) is 17.1.